The minimum atomic E-state index is -0.481. The van der Waals surface area contributed by atoms with Gasteiger partial charge in [-0.15, -0.1) is 0 Å². The number of nitrogens with one attached hydrogen (secondary N) is 3. The predicted molar refractivity (Wildman–Crippen MR) is 103 cm³/mol. The Morgan fingerprint density at radius 3 is 1.00 bits per heavy atom. The first-order valence-electron chi connectivity index (χ1n) is 9.73. The third-order valence-electron chi connectivity index (χ3n) is 4.32. The Morgan fingerprint density at radius 1 is 0.545 bits per heavy atom. The Morgan fingerprint density at radius 2 is 0.818 bits per heavy atom. The fourth-order valence-electron chi connectivity index (χ4n) is 2.78. The van der Waals surface area contributed by atoms with Crippen LogP contribution in [0.3, 0.4) is 0 Å². The first kappa shape index (κ1) is 22.3. The molecular formula is C18H42N3P. The van der Waals surface area contributed by atoms with Gasteiger partial charge >= 0.3 is 0 Å². The highest BCUT2D eigenvalue weighted by Gasteiger charge is 2.19. The monoisotopic (exact) mass is 331 g/mol. The van der Waals surface area contributed by atoms with E-state index in [0.717, 1.165) is 0 Å². The zero-order valence-corrected chi connectivity index (χ0v) is 16.9. The van der Waals surface area contributed by atoms with E-state index in [1.165, 1.54) is 57.8 Å². The molecule has 0 aliphatic rings. The summed E-state index contributed by atoms with van der Waals surface area (Å²) in [7, 11) is -0.481. The smallest absolute Gasteiger partial charge is 0.112 e. The molecule has 4 heteroatoms. The maximum Gasteiger partial charge on any atom is 0.112 e. The SMILES string of the molecule is CCCC(CC)NP(NC(CC)CCC)NC(CC)CCC. The van der Waals surface area contributed by atoms with E-state index in [0.29, 0.717) is 18.1 Å². The summed E-state index contributed by atoms with van der Waals surface area (Å²) in [5, 5.41) is 11.7. The van der Waals surface area contributed by atoms with Crippen LogP contribution in [0.25, 0.3) is 0 Å². The maximum absolute atomic E-state index is 3.89. The lowest BCUT2D eigenvalue weighted by Crippen LogP contribution is -2.41. The summed E-state index contributed by atoms with van der Waals surface area (Å²) in [5.41, 5.74) is 0. The van der Waals surface area contributed by atoms with Crippen LogP contribution in [-0.2, 0) is 0 Å². The average molecular weight is 332 g/mol. The van der Waals surface area contributed by atoms with Gasteiger partial charge in [-0.3, -0.25) is 15.3 Å². The molecule has 0 saturated heterocycles. The van der Waals surface area contributed by atoms with Gasteiger partial charge in [0.15, 0.2) is 0 Å². The normalized spacial score (nSPS) is 17.2. The molecule has 0 fully saturated rings. The average Bonchev–Trinajstić information content (AvgIpc) is 2.53. The number of hydrogen-bond donors (Lipinski definition) is 3. The van der Waals surface area contributed by atoms with Gasteiger partial charge in [0.25, 0.3) is 0 Å². The Hall–Kier alpha value is 0.310. The van der Waals surface area contributed by atoms with E-state index in [4.69, 9.17) is 0 Å². The molecule has 3 unspecified atom stereocenters. The summed E-state index contributed by atoms with van der Waals surface area (Å²) in [6.07, 6.45) is 11.2. The molecule has 0 heterocycles. The van der Waals surface area contributed by atoms with Crippen LogP contribution in [0.4, 0.5) is 0 Å². The van der Waals surface area contributed by atoms with Crippen molar-refractivity contribution in [1.82, 2.24) is 15.3 Å². The molecule has 0 amide bonds. The topological polar surface area (TPSA) is 36.1 Å². The van der Waals surface area contributed by atoms with E-state index in [1.54, 1.807) is 0 Å². The van der Waals surface area contributed by atoms with Crippen LogP contribution in [0.15, 0.2) is 0 Å². The lowest BCUT2D eigenvalue weighted by Gasteiger charge is -2.32. The third kappa shape index (κ3) is 10.2. The summed E-state index contributed by atoms with van der Waals surface area (Å²) in [4.78, 5) is 0. The van der Waals surface area contributed by atoms with Crippen molar-refractivity contribution in [3.63, 3.8) is 0 Å². The Bertz CT molecular complexity index is 200. The Kier molecular flexibility index (Phi) is 15.1. The molecule has 0 radical (unpaired) electrons. The van der Waals surface area contributed by atoms with E-state index in [1.807, 2.05) is 0 Å². The van der Waals surface area contributed by atoms with Crippen molar-refractivity contribution in [2.45, 2.75) is 117 Å². The van der Waals surface area contributed by atoms with Gasteiger partial charge in [0.1, 0.15) is 8.37 Å². The second-order valence-electron chi connectivity index (χ2n) is 6.40. The molecule has 0 aliphatic heterocycles. The highest BCUT2D eigenvalue weighted by molar-refractivity contribution is 7.51. The zero-order valence-electron chi connectivity index (χ0n) is 16.0. The second-order valence-corrected chi connectivity index (χ2v) is 7.85. The van der Waals surface area contributed by atoms with Gasteiger partial charge in [-0.05, 0) is 38.5 Å². The van der Waals surface area contributed by atoms with E-state index < -0.39 is 8.37 Å². The molecular weight excluding hydrogens is 289 g/mol. The number of hydrogen-bond acceptors (Lipinski definition) is 3. The van der Waals surface area contributed by atoms with Crippen LogP contribution in [0.1, 0.15) is 99.3 Å². The molecule has 0 aromatic carbocycles. The molecule has 22 heavy (non-hydrogen) atoms. The lowest BCUT2D eigenvalue weighted by atomic mass is 10.1. The summed E-state index contributed by atoms with van der Waals surface area (Å²) in [5.74, 6) is 0. The molecule has 0 rings (SSSR count). The molecule has 0 saturated carbocycles. The molecule has 3 nitrogen and oxygen atoms in total. The van der Waals surface area contributed by atoms with Crippen LogP contribution < -0.4 is 15.3 Å². The zero-order chi connectivity index (χ0) is 16.8. The van der Waals surface area contributed by atoms with E-state index >= 15 is 0 Å². The van der Waals surface area contributed by atoms with Crippen LogP contribution >= 0.6 is 8.37 Å². The summed E-state index contributed by atoms with van der Waals surface area (Å²) in [6, 6.07) is 1.90. The fourth-order valence-corrected chi connectivity index (χ4v) is 5.04. The molecule has 134 valence electrons. The Balaban J connectivity index is 4.71. The summed E-state index contributed by atoms with van der Waals surface area (Å²) >= 11 is 0. The lowest BCUT2D eigenvalue weighted by molar-refractivity contribution is 0.498. The highest BCUT2D eigenvalue weighted by atomic mass is 31.1. The molecule has 0 aromatic rings. The van der Waals surface area contributed by atoms with Crippen molar-refractivity contribution >= 4 is 8.37 Å². The van der Waals surface area contributed by atoms with Gasteiger partial charge in [0, 0.05) is 18.1 Å². The van der Waals surface area contributed by atoms with Crippen LogP contribution in [-0.4, -0.2) is 18.1 Å². The van der Waals surface area contributed by atoms with Crippen LogP contribution in [0, 0.1) is 0 Å². The van der Waals surface area contributed by atoms with Gasteiger partial charge in [0.05, 0.1) is 0 Å². The molecule has 3 N–H and O–H groups in total. The largest absolute Gasteiger partial charge is 0.268 e. The highest BCUT2D eigenvalue weighted by Crippen LogP contribution is 2.27. The predicted octanol–water partition coefficient (Wildman–Crippen LogP) is 5.72. The van der Waals surface area contributed by atoms with Crippen LogP contribution in [0.5, 0.6) is 0 Å². The second kappa shape index (κ2) is 14.9. The first-order valence-corrected chi connectivity index (χ1v) is 11.1. The van der Waals surface area contributed by atoms with Crippen molar-refractivity contribution < 1.29 is 0 Å². The number of rotatable bonds is 15. The summed E-state index contributed by atoms with van der Waals surface area (Å²) in [6.45, 7) is 13.7. The van der Waals surface area contributed by atoms with Crippen molar-refractivity contribution in [3.05, 3.63) is 0 Å². The fraction of sp³-hybridized carbons (Fsp3) is 1.00. The van der Waals surface area contributed by atoms with Crippen molar-refractivity contribution in [2.24, 2.45) is 0 Å². The molecule has 0 aromatic heterocycles. The minimum Gasteiger partial charge on any atom is -0.268 e. The van der Waals surface area contributed by atoms with Crippen molar-refractivity contribution in [1.29, 1.82) is 0 Å². The minimum absolute atomic E-state index is 0.481. The molecule has 3 atom stereocenters. The summed E-state index contributed by atoms with van der Waals surface area (Å²) < 4.78 is 0. The van der Waals surface area contributed by atoms with Gasteiger partial charge in [-0.25, -0.2) is 0 Å². The standard InChI is InChI=1S/C18H42N3P/c1-7-13-16(10-4)19-22(20-17(11-5)14-8-2)21-18(12-6)15-9-3/h16-21H,7-15H2,1-6H3. The van der Waals surface area contributed by atoms with Crippen LogP contribution in [0.2, 0.25) is 0 Å². The van der Waals surface area contributed by atoms with Gasteiger partial charge < -0.3 is 0 Å². The molecule has 0 spiro atoms. The Labute approximate surface area is 141 Å². The first-order chi connectivity index (χ1) is 10.6. The molecule has 0 aliphatic carbocycles. The van der Waals surface area contributed by atoms with Gasteiger partial charge in [-0.2, -0.15) is 0 Å². The van der Waals surface area contributed by atoms with E-state index in [9.17, 15) is 0 Å². The molecule has 0 bridgehead atoms. The van der Waals surface area contributed by atoms with Gasteiger partial charge in [0.2, 0.25) is 0 Å². The maximum atomic E-state index is 3.89. The third-order valence-corrected chi connectivity index (χ3v) is 6.19. The van der Waals surface area contributed by atoms with Crippen molar-refractivity contribution in [3.8, 4) is 0 Å². The van der Waals surface area contributed by atoms with E-state index in [2.05, 4.69) is 56.8 Å². The van der Waals surface area contributed by atoms with Crippen molar-refractivity contribution in [2.75, 3.05) is 0 Å². The van der Waals surface area contributed by atoms with E-state index in [-0.39, 0.29) is 0 Å². The quantitative estimate of drug-likeness (QED) is 0.336. The van der Waals surface area contributed by atoms with Gasteiger partial charge in [-0.1, -0.05) is 60.8 Å².